The lowest BCUT2D eigenvalue weighted by molar-refractivity contribution is 0.552. The normalized spacial score (nSPS) is 15.5. The van der Waals surface area contributed by atoms with Crippen molar-refractivity contribution in [1.82, 2.24) is 4.90 Å². The van der Waals surface area contributed by atoms with Crippen molar-refractivity contribution >= 4 is 22.8 Å². The summed E-state index contributed by atoms with van der Waals surface area (Å²) in [7, 11) is 0.452. The molecule has 0 radical (unpaired) electrons. The van der Waals surface area contributed by atoms with E-state index in [0.29, 0.717) is 10.8 Å². The summed E-state index contributed by atoms with van der Waals surface area (Å²) in [5.74, 6) is 0.0379. The predicted molar refractivity (Wildman–Crippen MR) is 101 cm³/mol. The zero-order valence-electron chi connectivity index (χ0n) is 14.8. The summed E-state index contributed by atoms with van der Waals surface area (Å²) < 4.78 is 27.0. The molecule has 5 heteroatoms. The number of halogens is 1. The molecule has 3 rings (SSSR count). The van der Waals surface area contributed by atoms with Crippen LogP contribution in [0.3, 0.4) is 0 Å². The third kappa shape index (κ3) is 3.98. The molecule has 1 atom stereocenters. The number of hydrogen-bond donors (Lipinski definition) is 0. The molecule has 2 aromatic carbocycles. The fraction of sp³-hybridized carbons (Fsp3) is 0.350. The fourth-order valence-electron chi connectivity index (χ4n) is 2.68. The number of hydrogen-bond acceptors (Lipinski definition) is 2. The van der Waals surface area contributed by atoms with Gasteiger partial charge in [0.05, 0.1) is 27.7 Å². The number of benzene rings is 2. The Hall–Kier alpha value is -2.01. The van der Waals surface area contributed by atoms with Gasteiger partial charge in [0.25, 0.3) is 0 Å². The van der Waals surface area contributed by atoms with E-state index >= 15 is 0 Å². The van der Waals surface area contributed by atoms with Gasteiger partial charge in [0.15, 0.2) is 0 Å². The minimum atomic E-state index is -1.53. The van der Waals surface area contributed by atoms with Crippen molar-refractivity contribution in [3.05, 3.63) is 53.3 Å². The summed E-state index contributed by atoms with van der Waals surface area (Å²) in [6, 6.07) is 10.2. The quantitative estimate of drug-likeness (QED) is 0.549. The number of rotatable bonds is 6. The van der Waals surface area contributed by atoms with E-state index < -0.39 is 16.6 Å². The Morgan fingerprint density at radius 2 is 2.00 bits per heavy atom. The second-order valence-electron chi connectivity index (χ2n) is 6.47. The molecule has 0 N–H and O–H groups in total. The molecular formula is C20H23FN2OS. The predicted octanol–water partition coefficient (Wildman–Crippen LogP) is 4.79. The van der Waals surface area contributed by atoms with Crippen LogP contribution in [0.4, 0.5) is 10.1 Å². The molecule has 0 saturated heterocycles. The van der Waals surface area contributed by atoms with Crippen LogP contribution in [0.5, 0.6) is 0 Å². The summed E-state index contributed by atoms with van der Waals surface area (Å²) >= 11 is 0. The van der Waals surface area contributed by atoms with E-state index in [2.05, 4.69) is 11.9 Å². The Kier molecular flexibility index (Phi) is 5.33. The van der Waals surface area contributed by atoms with Crippen LogP contribution in [-0.2, 0) is 10.8 Å². The van der Waals surface area contributed by atoms with Crippen LogP contribution in [0.2, 0.25) is 0 Å². The lowest BCUT2D eigenvalue weighted by atomic mass is 10.1. The topological polar surface area (TPSA) is 32.7 Å². The second kappa shape index (κ2) is 7.48. The van der Waals surface area contributed by atoms with Crippen LogP contribution in [0.1, 0.15) is 36.8 Å². The van der Waals surface area contributed by atoms with E-state index in [9.17, 15) is 8.60 Å². The molecule has 1 fully saturated rings. The van der Waals surface area contributed by atoms with Crippen molar-refractivity contribution in [2.75, 3.05) is 13.6 Å². The second-order valence-corrected chi connectivity index (χ2v) is 7.88. The molecule has 3 nitrogen and oxygen atoms in total. The fourth-order valence-corrected chi connectivity index (χ4v) is 3.95. The van der Waals surface area contributed by atoms with Crippen molar-refractivity contribution in [2.24, 2.45) is 4.99 Å². The summed E-state index contributed by atoms with van der Waals surface area (Å²) in [4.78, 5) is 7.54. The summed E-state index contributed by atoms with van der Waals surface area (Å²) in [5, 5.41) is 0. The Morgan fingerprint density at radius 3 is 2.64 bits per heavy atom. The smallest absolute Gasteiger partial charge is 0.139 e. The summed E-state index contributed by atoms with van der Waals surface area (Å²) in [5.41, 5.74) is 2.91. The van der Waals surface area contributed by atoms with Crippen molar-refractivity contribution < 1.29 is 8.60 Å². The highest BCUT2D eigenvalue weighted by atomic mass is 32.2. The molecule has 132 valence electrons. The zero-order valence-corrected chi connectivity index (χ0v) is 15.6. The molecule has 0 aromatic heterocycles. The van der Waals surface area contributed by atoms with Gasteiger partial charge >= 0.3 is 0 Å². The average molecular weight is 358 g/mol. The first kappa shape index (κ1) is 17.8. The van der Waals surface area contributed by atoms with Crippen LogP contribution in [-0.4, -0.2) is 29.0 Å². The first-order chi connectivity index (χ1) is 12.0. The van der Waals surface area contributed by atoms with Crippen LogP contribution < -0.4 is 0 Å². The van der Waals surface area contributed by atoms with Crippen molar-refractivity contribution in [3.8, 4) is 0 Å². The number of nitrogens with zero attached hydrogens (tertiary/aromatic N) is 2. The van der Waals surface area contributed by atoms with Crippen molar-refractivity contribution in [2.45, 2.75) is 42.4 Å². The van der Waals surface area contributed by atoms with E-state index in [4.69, 9.17) is 0 Å². The molecule has 1 aliphatic carbocycles. The molecule has 0 bridgehead atoms. The maximum absolute atomic E-state index is 14.0. The lowest BCUT2D eigenvalue weighted by Gasteiger charge is -2.13. The molecule has 2 aromatic rings. The molecule has 0 heterocycles. The molecule has 0 aliphatic heterocycles. The monoisotopic (exact) mass is 358 g/mol. The van der Waals surface area contributed by atoms with Gasteiger partial charge < -0.3 is 4.90 Å². The van der Waals surface area contributed by atoms with E-state index in [1.807, 2.05) is 37.3 Å². The van der Waals surface area contributed by atoms with Gasteiger partial charge in [-0.2, -0.15) is 0 Å². The average Bonchev–Trinajstić information content (AvgIpc) is 3.44. The van der Waals surface area contributed by atoms with Gasteiger partial charge in [0.1, 0.15) is 5.82 Å². The van der Waals surface area contributed by atoms with Crippen LogP contribution >= 0.6 is 0 Å². The van der Waals surface area contributed by atoms with E-state index in [0.717, 1.165) is 36.2 Å². The number of aliphatic imine (C=N–C) groups is 1. The highest BCUT2D eigenvalue weighted by molar-refractivity contribution is 7.85. The third-order valence-electron chi connectivity index (χ3n) is 4.47. The maximum Gasteiger partial charge on any atom is 0.139 e. The van der Waals surface area contributed by atoms with Gasteiger partial charge in [-0.25, -0.2) is 13.6 Å². The minimum absolute atomic E-state index is 0.231. The van der Waals surface area contributed by atoms with Crippen LogP contribution in [0.15, 0.2) is 51.2 Å². The highest BCUT2D eigenvalue weighted by Crippen LogP contribution is 2.45. The van der Waals surface area contributed by atoms with Gasteiger partial charge in [-0.05, 0) is 68.0 Å². The SMILES string of the molecule is CCN(C)C=Nc1cc(C)c(S(=O)c2ccccc2F)cc1C1CC1. The summed E-state index contributed by atoms with van der Waals surface area (Å²) in [6.45, 7) is 4.86. The van der Waals surface area contributed by atoms with Crippen molar-refractivity contribution in [1.29, 1.82) is 0 Å². The van der Waals surface area contributed by atoms with Crippen LogP contribution in [0.25, 0.3) is 0 Å². The van der Waals surface area contributed by atoms with Crippen LogP contribution in [0, 0.1) is 12.7 Å². The Bertz CT molecular complexity index is 830. The molecule has 25 heavy (non-hydrogen) atoms. The Balaban J connectivity index is 2.02. The standard InChI is InChI=1S/C20H23FN2OS/c1-4-23(3)13-22-18-11-14(2)20(12-16(18)15-9-10-15)25(24)19-8-6-5-7-17(19)21/h5-8,11-13,15H,4,9-10H2,1-3H3. The lowest BCUT2D eigenvalue weighted by Crippen LogP contribution is -2.14. The maximum atomic E-state index is 14.0. The Morgan fingerprint density at radius 1 is 1.28 bits per heavy atom. The molecule has 1 unspecified atom stereocenters. The van der Waals surface area contributed by atoms with Gasteiger partial charge in [-0.1, -0.05) is 12.1 Å². The Labute approximate surface area is 151 Å². The summed E-state index contributed by atoms with van der Waals surface area (Å²) in [6.07, 6.45) is 4.08. The van der Waals surface area contributed by atoms with E-state index in [1.54, 1.807) is 18.2 Å². The molecular weight excluding hydrogens is 335 g/mol. The van der Waals surface area contributed by atoms with Gasteiger partial charge in [0, 0.05) is 18.5 Å². The minimum Gasteiger partial charge on any atom is -0.366 e. The van der Waals surface area contributed by atoms with Gasteiger partial charge in [-0.15, -0.1) is 0 Å². The first-order valence-corrected chi connectivity index (χ1v) is 9.71. The number of aryl methyl sites for hydroxylation is 1. The van der Waals surface area contributed by atoms with Gasteiger partial charge in [-0.3, -0.25) is 0 Å². The van der Waals surface area contributed by atoms with E-state index in [-0.39, 0.29) is 4.90 Å². The highest BCUT2D eigenvalue weighted by Gasteiger charge is 2.28. The molecule has 1 saturated carbocycles. The van der Waals surface area contributed by atoms with Gasteiger partial charge in [0.2, 0.25) is 0 Å². The first-order valence-electron chi connectivity index (χ1n) is 8.56. The molecule has 1 aliphatic rings. The third-order valence-corrected chi connectivity index (χ3v) is 6.04. The van der Waals surface area contributed by atoms with E-state index in [1.165, 1.54) is 6.07 Å². The largest absolute Gasteiger partial charge is 0.366 e. The molecule has 0 amide bonds. The molecule has 0 spiro atoms. The van der Waals surface area contributed by atoms with Crippen molar-refractivity contribution in [3.63, 3.8) is 0 Å². The zero-order chi connectivity index (χ0) is 18.0.